The molecule has 146 valence electrons. The predicted octanol–water partition coefficient (Wildman–Crippen LogP) is 1.63. The van der Waals surface area contributed by atoms with Crippen molar-refractivity contribution in [3.63, 3.8) is 0 Å². The van der Waals surface area contributed by atoms with Crippen LogP contribution >= 0.6 is 12.3 Å². The van der Waals surface area contributed by atoms with Crippen LogP contribution in [0.15, 0.2) is 0 Å². The SMILES string of the molecule is CC.CC1CNC(CONC=O)C1.O=C1N2CCCC(C2)N1OSO. The zero-order valence-corrected chi connectivity index (χ0v) is 16.0. The second-order valence-corrected chi connectivity index (χ2v) is 6.29. The van der Waals surface area contributed by atoms with Crippen LogP contribution in [0.1, 0.15) is 40.0 Å². The van der Waals surface area contributed by atoms with Crippen molar-refractivity contribution in [3.05, 3.63) is 0 Å². The summed E-state index contributed by atoms with van der Waals surface area (Å²) in [6.45, 7) is 9.35. The van der Waals surface area contributed by atoms with Crippen LogP contribution in [0.2, 0.25) is 0 Å². The van der Waals surface area contributed by atoms with Gasteiger partial charge in [0.2, 0.25) is 6.41 Å². The maximum atomic E-state index is 11.4. The number of piperidine rings is 1. The van der Waals surface area contributed by atoms with Crippen molar-refractivity contribution in [2.45, 2.75) is 52.1 Å². The fourth-order valence-corrected chi connectivity index (χ4v) is 3.33. The van der Waals surface area contributed by atoms with E-state index in [1.54, 1.807) is 4.90 Å². The smallest absolute Gasteiger partial charge is 0.321 e. The zero-order chi connectivity index (χ0) is 18.7. The molecule has 0 aliphatic carbocycles. The molecule has 3 saturated heterocycles. The van der Waals surface area contributed by atoms with Crippen LogP contribution in [-0.2, 0) is 13.9 Å². The molecule has 25 heavy (non-hydrogen) atoms. The molecular weight excluding hydrogens is 348 g/mol. The standard InChI is InChI=1S/C7H14N2O2.C6H10N2O3S.C2H6/c1-6-2-7(8-3-6)4-11-9-5-10;9-6-7-3-1-2-5(4-7)8(6)11-12-10;1-2/h5-8H,2-4H2,1H3,(H,9,10);5,10H,1-4H2;1-2H3. The molecule has 0 aromatic heterocycles. The lowest BCUT2D eigenvalue weighted by atomic mass is 10.1. The van der Waals surface area contributed by atoms with E-state index < -0.39 is 0 Å². The van der Waals surface area contributed by atoms with Crippen LogP contribution in [0.3, 0.4) is 0 Å². The Labute approximate surface area is 153 Å². The Bertz CT molecular complexity index is 404. The Morgan fingerprint density at radius 2 is 2.24 bits per heavy atom. The highest BCUT2D eigenvalue weighted by atomic mass is 32.2. The highest BCUT2D eigenvalue weighted by Gasteiger charge is 2.41. The van der Waals surface area contributed by atoms with Gasteiger partial charge in [-0.05, 0) is 31.7 Å². The van der Waals surface area contributed by atoms with Crippen LogP contribution in [0.4, 0.5) is 4.79 Å². The first-order chi connectivity index (χ1) is 12.2. The molecule has 3 aliphatic rings. The number of nitrogens with zero attached hydrogens (tertiary/aromatic N) is 2. The maximum Gasteiger partial charge on any atom is 0.345 e. The molecule has 0 aromatic carbocycles. The molecule has 0 saturated carbocycles. The van der Waals surface area contributed by atoms with Crippen molar-refractivity contribution >= 4 is 24.8 Å². The normalized spacial score (nSPS) is 27.2. The number of carbonyl (C=O) groups is 2. The van der Waals surface area contributed by atoms with Gasteiger partial charge in [0.1, 0.15) is 0 Å². The monoisotopic (exact) mass is 378 g/mol. The van der Waals surface area contributed by atoms with Crippen molar-refractivity contribution in [3.8, 4) is 0 Å². The lowest BCUT2D eigenvalue weighted by Crippen LogP contribution is -2.30. The van der Waals surface area contributed by atoms with Crippen LogP contribution in [-0.4, -0.2) is 65.3 Å². The lowest BCUT2D eigenvalue weighted by Gasteiger charge is -2.20. The first-order valence-electron chi connectivity index (χ1n) is 8.76. The Hall–Kier alpha value is -1.07. The van der Waals surface area contributed by atoms with Crippen LogP contribution < -0.4 is 10.8 Å². The second-order valence-electron chi connectivity index (χ2n) is 5.99. The fraction of sp³-hybridized carbons (Fsp3) is 0.867. The quantitative estimate of drug-likeness (QED) is 0.279. The average Bonchev–Trinajstić information content (AvgIpc) is 3.14. The number of hydroxylamine groups is 3. The van der Waals surface area contributed by atoms with Crippen molar-refractivity contribution in [2.75, 3.05) is 26.2 Å². The summed E-state index contributed by atoms with van der Waals surface area (Å²) < 4.78 is 13.2. The Morgan fingerprint density at radius 1 is 1.48 bits per heavy atom. The van der Waals surface area contributed by atoms with E-state index in [9.17, 15) is 9.59 Å². The summed E-state index contributed by atoms with van der Waals surface area (Å²) in [5, 5.41) is 4.55. The fourth-order valence-electron chi connectivity index (χ4n) is 3.07. The minimum atomic E-state index is -0.126. The minimum absolute atomic E-state index is 0.126. The van der Waals surface area contributed by atoms with Gasteiger partial charge in [-0.25, -0.2) is 10.3 Å². The van der Waals surface area contributed by atoms with E-state index in [0.29, 0.717) is 19.1 Å². The van der Waals surface area contributed by atoms with Gasteiger partial charge < -0.3 is 14.8 Å². The van der Waals surface area contributed by atoms with E-state index in [1.165, 1.54) is 5.06 Å². The number of nitrogens with one attached hydrogen (secondary N) is 2. The van der Waals surface area contributed by atoms with Gasteiger partial charge in [0, 0.05) is 19.1 Å². The molecule has 0 spiro atoms. The Balaban J connectivity index is 0.000000229. The van der Waals surface area contributed by atoms with E-state index in [1.807, 2.05) is 13.8 Å². The van der Waals surface area contributed by atoms with E-state index in [4.69, 9.17) is 13.7 Å². The summed E-state index contributed by atoms with van der Waals surface area (Å²) in [4.78, 5) is 27.7. The van der Waals surface area contributed by atoms with Crippen molar-refractivity contribution in [1.82, 2.24) is 20.8 Å². The molecule has 3 unspecified atom stereocenters. The van der Waals surface area contributed by atoms with Gasteiger partial charge in [-0.2, -0.15) is 9.35 Å². The van der Waals surface area contributed by atoms with Crippen molar-refractivity contribution < 1.29 is 23.3 Å². The number of fused-ring (bicyclic) bond motifs is 2. The summed E-state index contributed by atoms with van der Waals surface area (Å²) in [7, 11) is 0. The molecule has 2 bridgehead atoms. The highest BCUT2D eigenvalue weighted by molar-refractivity contribution is 7.88. The topological polar surface area (TPSA) is 103 Å². The van der Waals surface area contributed by atoms with E-state index >= 15 is 0 Å². The summed E-state index contributed by atoms with van der Waals surface area (Å²) in [6, 6.07) is 0.405. The molecule has 3 N–H and O–H groups in total. The molecule has 0 aromatic rings. The zero-order valence-electron chi connectivity index (χ0n) is 15.1. The van der Waals surface area contributed by atoms with Gasteiger partial charge in [-0.3, -0.25) is 9.63 Å². The van der Waals surface area contributed by atoms with Crippen LogP contribution in [0, 0.1) is 5.92 Å². The average molecular weight is 378 g/mol. The van der Waals surface area contributed by atoms with Gasteiger partial charge in [-0.1, -0.05) is 20.8 Å². The molecular formula is C15H30N4O5S. The largest absolute Gasteiger partial charge is 0.345 e. The van der Waals surface area contributed by atoms with Gasteiger partial charge in [0.05, 0.1) is 12.6 Å². The van der Waals surface area contributed by atoms with E-state index in [2.05, 4.69) is 17.7 Å². The molecule has 3 aliphatic heterocycles. The first kappa shape index (κ1) is 22.0. The number of urea groups is 1. The molecule has 0 radical (unpaired) electrons. The van der Waals surface area contributed by atoms with Gasteiger partial charge >= 0.3 is 6.03 Å². The highest BCUT2D eigenvalue weighted by Crippen LogP contribution is 2.26. The van der Waals surface area contributed by atoms with E-state index in [-0.39, 0.29) is 24.4 Å². The van der Waals surface area contributed by atoms with Gasteiger partial charge in [0.15, 0.2) is 12.3 Å². The molecule has 3 heterocycles. The van der Waals surface area contributed by atoms with Gasteiger partial charge in [0.25, 0.3) is 0 Å². The summed E-state index contributed by atoms with van der Waals surface area (Å²) in [5.74, 6) is 0.722. The van der Waals surface area contributed by atoms with Crippen molar-refractivity contribution in [2.24, 2.45) is 5.92 Å². The first-order valence-corrected chi connectivity index (χ1v) is 9.46. The maximum absolute atomic E-state index is 11.4. The molecule has 3 atom stereocenters. The molecule has 3 rings (SSSR count). The number of hydrogen-bond acceptors (Lipinski definition) is 7. The Kier molecular flexibility index (Phi) is 10.8. The summed E-state index contributed by atoms with van der Waals surface area (Å²) in [5.41, 5.74) is 2.17. The number of rotatable bonds is 6. The third-order valence-electron chi connectivity index (χ3n) is 4.16. The summed E-state index contributed by atoms with van der Waals surface area (Å²) >= 11 is 0.230. The van der Waals surface area contributed by atoms with Crippen molar-refractivity contribution in [1.29, 1.82) is 0 Å². The van der Waals surface area contributed by atoms with Crippen LogP contribution in [0.25, 0.3) is 0 Å². The molecule has 10 heteroatoms. The number of amides is 3. The van der Waals surface area contributed by atoms with Crippen LogP contribution in [0.5, 0.6) is 0 Å². The Morgan fingerprint density at radius 3 is 2.80 bits per heavy atom. The molecule has 3 fully saturated rings. The predicted molar refractivity (Wildman–Crippen MR) is 95.2 cm³/mol. The number of hydrogen-bond donors (Lipinski definition) is 3. The van der Waals surface area contributed by atoms with Gasteiger partial charge in [-0.15, -0.1) is 0 Å². The number of carbonyl (C=O) groups excluding carboxylic acids is 2. The van der Waals surface area contributed by atoms with E-state index in [0.717, 1.165) is 44.8 Å². The third-order valence-corrected chi connectivity index (χ3v) is 4.39. The lowest BCUT2D eigenvalue weighted by molar-refractivity contribution is -0.121. The minimum Gasteiger partial charge on any atom is -0.321 e. The third kappa shape index (κ3) is 6.98. The molecule has 9 nitrogen and oxygen atoms in total. The summed E-state index contributed by atoms with van der Waals surface area (Å²) in [6.07, 6.45) is 3.65. The molecule has 3 amide bonds. The second kappa shape index (κ2) is 12.3.